The molecule has 1 aliphatic heterocycles. The van der Waals surface area contributed by atoms with Gasteiger partial charge in [-0.1, -0.05) is 28.1 Å². The van der Waals surface area contributed by atoms with Gasteiger partial charge in [0.2, 0.25) is 5.91 Å². The summed E-state index contributed by atoms with van der Waals surface area (Å²) < 4.78 is 1.06. The first-order chi connectivity index (χ1) is 10.6. The smallest absolute Gasteiger partial charge is 0.219 e. The van der Waals surface area contributed by atoms with E-state index < -0.39 is 0 Å². The van der Waals surface area contributed by atoms with Gasteiger partial charge < -0.3 is 9.80 Å². The number of piperazine rings is 1. The lowest BCUT2D eigenvalue weighted by atomic mass is 10.0. The lowest BCUT2D eigenvalue weighted by Crippen LogP contribution is -2.50. The molecule has 0 bridgehead atoms. The number of halogens is 1. The van der Waals surface area contributed by atoms with Gasteiger partial charge in [0.25, 0.3) is 0 Å². The maximum absolute atomic E-state index is 11.8. The Morgan fingerprint density at radius 2 is 2.14 bits per heavy atom. The minimum absolute atomic E-state index is 0.126. The van der Waals surface area contributed by atoms with E-state index in [0.717, 1.165) is 28.8 Å². The Bertz CT molecular complexity index is 662. The Kier molecular flexibility index (Phi) is 4.43. The minimum atomic E-state index is 0.126. The molecule has 3 rings (SSSR count). The summed E-state index contributed by atoms with van der Waals surface area (Å²) in [5, 5.41) is 0. The van der Waals surface area contributed by atoms with Crippen molar-refractivity contribution in [1.29, 1.82) is 0 Å². The van der Waals surface area contributed by atoms with Crippen LogP contribution in [0.5, 0.6) is 0 Å². The Morgan fingerprint density at radius 1 is 1.27 bits per heavy atom. The molecule has 0 radical (unpaired) electrons. The van der Waals surface area contributed by atoms with Crippen molar-refractivity contribution in [3.8, 4) is 0 Å². The van der Waals surface area contributed by atoms with Crippen LogP contribution >= 0.6 is 15.9 Å². The van der Waals surface area contributed by atoms with E-state index in [1.54, 1.807) is 13.1 Å². The van der Waals surface area contributed by atoms with Gasteiger partial charge in [-0.25, -0.2) is 0 Å². The lowest BCUT2D eigenvalue weighted by Gasteiger charge is -2.42. The first-order valence-corrected chi connectivity index (χ1v) is 8.12. The third-order valence-corrected chi connectivity index (χ3v) is 4.53. The Balaban J connectivity index is 1.95. The Labute approximate surface area is 138 Å². The fraction of sp³-hybridized carbons (Fsp3) is 0.294. The van der Waals surface area contributed by atoms with E-state index in [9.17, 15) is 4.79 Å². The third kappa shape index (κ3) is 3.14. The van der Waals surface area contributed by atoms with E-state index in [1.165, 1.54) is 0 Å². The van der Waals surface area contributed by atoms with Crippen LogP contribution in [-0.2, 0) is 4.79 Å². The van der Waals surface area contributed by atoms with Crippen molar-refractivity contribution < 1.29 is 4.79 Å². The topological polar surface area (TPSA) is 36.4 Å². The van der Waals surface area contributed by atoms with Gasteiger partial charge >= 0.3 is 0 Å². The van der Waals surface area contributed by atoms with Crippen LogP contribution in [0.2, 0.25) is 0 Å². The lowest BCUT2D eigenvalue weighted by molar-refractivity contribution is -0.129. The summed E-state index contributed by atoms with van der Waals surface area (Å²) in [5.41, 5.74) is 2.29. The van der Waals surface area contributed by atoms with Crippen molar-refractivity contribution in [2.75, 3.05) is 24.5 Å². The second-order valence-corrected chi connectivity index (χ2v) is 6.36. The van der Waals surface area contributed by atoms with Crippen molar-refractivity contribution in [3.05, 3.63) is 58.8 Å². The first-order valence-electron chi connectivity index (χ1n) is 7.33. The van der Waals surface area contributed by atoms with Crippen molar-refractivity contribution >= 4 is 27.5 Å². The Morgan fingerprint density at radius 3 is 2.82 bits per heavy atom. The molecular formula is C17H18BrN3O. The van der Waals surface area contributed by atoms with E-state index in [1.807, 2.05) is 29.3 Å². The van der Waals surface area contributed by atoms with Crippen LogP contribution < -0.4 is 4.90 Å². The summed E-state index contributed by atoms with van der Waals surface area (Å²) in [5.74, 6) is 0.128. The zero-order valence-electron chi connectivity index (χ0n) is 12.4. The highest BCUT2D eigenvalue weighted by molar-refractivity contribution is 9.10. The molecule has 2 heterocycles. The molecule has 1 atom stereocenters. The van der Waals surface area contributed by atoms with Gasteiger partial charge in [0, 0.05) is 49.1 Å². The van der Waals surface area contributed by atoms with Crippen molar-refractivity contribution in [1.82, 2.24) is 9.88 Å². The molecule has 1 aromatic heterocycles. The number of hydrogen-bond donors (Lipinski definition) is 0. The molecule has 1 amide bonds. The van der Waals surface area contributed by atoms with Crippen LogP contribution in [0, 0.1) is 0 Å². The molecule has 1 unspecified atom stereocenters. The minimum Gasteiger partial charge on any atom is -0.361 e. The quantitative estimate of drug-likeness (QED) is 0.825. The number of rotatable bonds is 2. The summed E-state index contributed by atoms with van der Waals surface area (Å²) in [6.45, 7) is 3.89. The van der Waals surface area contributed by atoms with Crippen LogP contribution in [0.4, 0.5) is 5.69 Å². The molecule has 0 spiro atoms. The third-order valence-electron chi connectivity index (χ3n) is 4.03. The van der Waals surface area contributed by atoms with Crippen molar-refractivity contribution in [2.24, 2.45) is 0 Å². The molecule has 2 aromatic rings. The SMILES string of the molecule is CC(=O)N1CCN(c2cccc(Br)c2)C(c2cccnc2)C1. The average Bonchev–Trinajstić information content (AvgIpc) is 2.55. The second kappa shape index (κ2) is 6.48. The number of anilines is 1. The number of pyridine rings is 1. The van der Waals surface area contributed by atoms with Gasteiger partial charge in [-0.15, -0.1) is 0 Å². The van der Waals surface area contributed by atoms with Crippen LogP contribution in [-0.4, -0.2) is 35.4 Å². The molecule has 22 heavy (non-hydrogen) atoms. The number of nitrogens with zero attached hydrogens (tertiary/aromatic N) is 3. The van der Waals surface area contributed by atoms with Gasteiger partial charge in [-0.05, 0) is 29.8 Å². The number of benzene rings is 1. The molecule has 1 aliphatic rings. The number of carbonyl (C=O) groups is 1. The molecule has 1 fully saturated rings. The van der Waals surface area contributed by atoms with Crippen LogP contribution in [0.1, 0.15) is 18.5 Å². The number of amides is 1. The van der Waals surface area contributed by atoms with Gasteiger partial charge in [0.05, 0.1) is 6.04 Å². The summed E-state index contributed by atoms with van der Waals surface area (Å²) >= 11 is 3.54. The van der Waals surface area contributed by atoms with E-state index in [0.29, 0.717) is 6.54 Å². The van der Waals surface area contributed by atoms with E-state index >= 15 is 0 Å². The number of carbonyl (C=O) groups excluding carboxylic acids is 1. The monoisotopic (exact) mass is 359 g/mol. The Hall–Kier alpha value is -1.88. The summed E-state index contributed by atoms with van der Waals surface area (Å²) in [6.07, 6.45) is 3.66. The number of aromatic nitrogens is 1. The molecule has 0 saturated carbocycles. The van der Waals surface area contributed by atoms with Crippen LogP contribution in [0.25, 0.3) is 0 Å². The normalized spacial score (nSPS) is 18.4. The zero-order chi connectivity index (χ0) is 15.5. The van der Waals surface area contributed by atoms with Gasteiger partial charge in [-0.3, -0.25) is 9.78 Å². The summed E-state index contributed by atoms with van der Waals surface area (Å²) in [4.78, 5) is 20.3. The van der Waals surface area contributed by atoms with Gasteiger partial charge in [0.1, 0.15) is 0 Å². The maximum atomic E-state index is 11.8. The fourth-order valence-corrected chi connectivity index (χ4v) is 3.28. The van der Waals surface area contributed by atoms with Gasteiger partial charge in [0.15, 0.2) is 0 Å². The number of hydrogen-bond acceptors (Lipinski definition) is 3. The standard InChI is InChI=1S/C17H18BrN3O/c1-13(22)20-8-9-21(16-6-2-5-15(18)10-16)17(12-20)14-4-3-7-19-11-14/h2-7,10-11,17H,8-9,12H2,1H3. The first kappa shape index (κ1) is 15.0. The average molecular weight is 360 g/mol. The molecule has 114 valence electrons. The molecule has 4 nitrogen and oxygen atoms in total. The highest BCUT2D eigenvalue weighted by Crippen LogP contribution is 2.31. The molecule has 5 heteroatoms. The van der Waals surface area contributed by atoms with E-state index in [-0.39, 0.29) is 11.9 Å². The second-order valence-electron chi connectivity index (χ2n) is 5.44. The molecule has 0 N–H and O–H groups in total. The zero-order valence-corrected chi connectivity index (χ0v) is 14.0. The van der Waals surface area contributed by atoms with Crippen molar-refractivity contribution in [3.63, 3.8) is 0 Å². The highest BCUT2D eigenvalue weighted by Gasteiger charge is 2.29. The highest BCUT2D eigenvalue weighted by atomic mass is 79.9. The molecule has 0 aliphatic carbocycles. The predicted molar refractivity (Wildman–Crippen MR) is 90.7 cm³/mol. The van der Waals surface area contributed by atoms with Crippen LogP contribution in [0.3, 0.4) is 0 Å². The van der Waals surface area contributed by atoms with E-state index in [4.69, 9.17) is 0 Å². The predicted octanol–water partition coefficient (Wildman–Crippen LogP) is 3.25. The van der Waals surface area contributed by atoms with E-state index in [2.05, 4.69) is 44.0 Å². The summed E-state index contributed by atoms with van der Waals surface area (Å²) in [6, 6.07) is 12.4. The summed E-state index contributed by atoms with van der Waals surface area (Å²) in [7, 11) is 0. The van der Waals surface area contributed by atoms with Crippen molar-refractivity contribution in [2.45, 2.75) is 13.0 Å². The molecule has 1 aromatic carbocycles. The molecule has 1 saturated heterocycles. The largest absolute Gasteiger partial charge is 0.361 e. The van der Waals surface area contributed by atoms with Crippen LogP contribution in [0.15, 0.2) is 53.3 Å². The maximum Gasteiger partial charge on any atom is 0.219 e. The van der Waals surface area contributed by atoms with Gasteiger partial charge in [-0.2, -0.15) is 0 Å². The molecular weight excluding hydrogens is 342 g/mol. The fourth-order valence-electron chi connectivity index (χ4n) is 2.89.